The van der Waals surface area contributed by atoms with Gasteiger partial charge in [-0.2, -0.15) is 0 Å². The molecule has 0 radical (unpaired) electrons. The van der Waals surface area contributed by atoms with Gasteiger partial charge in [0.1, 0.15) is 18.8 Å². The number of nitrogens with one attached hydrogen (secondary N) is 2. The molecule has 0 aromatic heterocycles. The van der Waals surface area contributed by atoms with Gasteiger partial charge < -0.3 is 20.1 Å². The summed E-state index contributed by atoms with van der Waals surface area (Å²) in [5, 5.41) is 3.99. The lowest BCUT2D eigenvalue weighted by Gasteiger charge is -2.33. The van der Waals surface area contributed by atoms with Gasteiger partial charge in [-0.15, -0.1) is 11.6 Å². The molecule has 0 spiro atoms. The van der Waals surface area contributed by atoms with Crippen LogP contribution in [0.5, 0.6) is 0 Å². The molecule has 1 saturated heterocycles. The lowest BCUT2D eigenvalue weighted by atomic mass is 9.95. The molecule has 1 aliphatic rings. The molecule has 0 aromatic rings. The average molecular weight is 321 g/mol. The van der Waals surface area contributed by atoms with Crippen molar-refractivity contribution in [2.45, 2.75) is 30.9 Å². The van der Waals surface area contributed by atoms with Gasteiger partial charge in [0, 0.05) is 13.0 Å². The van der Waals surface area contributed by atoms with Gasteiger partial charge in [-0.1, -0.05) is 0 Å². The third-order valence-corrected chi connectivity index (χ3v) is 3.35. The molecule has 2 N–H and O–H groups in total. The van der Waals surface area contributed by atoms with Crippen molar-refractivity contribution < 1.29 is 28.7 Å². The van der Waals surface area contributed by atoms with Crippen LogP contribution in [0.25, 0.3) is 0 Å². The zero-order chi connectivity index (χ0) is 15.8. The van der Waals surface area contributed by atoms with E-state index in [2.05, 4.69) is 10.6 Å². The molecule has 0 bridgehead atoms. The number of cyclic esters (lactones) is 1. The smallest absolute Gasteiger partial charge is 0.330 e. The Morgan fingerprint density at radius 1 is 1.48 bits per heavy atom. The maximum Gasteiger partial charge on any atom is 0.330 e. The highest BCUT2D eigenvalue weighted by atomic mass is 35.5. The van der Waals surface area contributed by atoms with E-state index in [-0.39, 0.29) is 31.1 Å². The number of carbonyl (C=O) groups is 4. The maximum absolute atomic E-state index is 11.7. The lowest BCUT2D eigenvalue weighted by molar-refractivity contribution is -0.183. The molecule has 0 aliphatic carbocycles. The van der Waals surface area contributed by atoms with E-state index in [0.29, 0.717) is 19.2 Å². The minimum Gasteiger partial charge on any atom is -0.463 e. The number of esters is 2. The molecule has 1 heterocycles. The number of amides is 2. The van der Waals surface area contributed by atoms with Gasteiger partial charge in [-0.05, 0) is 6.92 Å². The fourth-order valence-corrected chi connectivity index (χ4v) is 1.98. The third kappa shape index (κ3) is 5.22. The quantitative estimate of drug-likeness (QED) is 0.302. The van der Waals surface area contributed by atoms with E-state index in [1.165, 1.54) is 0 Å². The molecular formula is C12H17ClN2O6. The van der Waals surface area contributed by atoms with Crippen LogP contribution in [0.15, 0.2) is 0 Å². The number of hydrogen-bond acceptors (Lipinski definition) is 6. The molecule has 8 nitrogen and oxygen atoms in total. The summed E-state index contributed by atoms with van der Waals surface area (Å²) < 4.78 is 9.86. The van der Waals surface area contributed by atoms with E-state index in [1.54, 1.807) is 6.92 Å². The number of hydrogen-bond donors (Lipinski definition) is 2. The monoisotopic (exact) mass is 320 g/mol. The van der Waals surface area contributed by atoms with Crippen LogP contribution in [0.4, 0.5) is 0 Å². The summed E-state index contributed by atoms with van der Waals surface area (Å²) in [6, 6.07) is -0.975. The predicted molar refractivity (Wildman–Crippen MR) is 71.3 cm³/mol. The molecule has 21 heavy (non-hydrogen) atoms. The van der Waals surface area contributed by atoms with Crippen LogP contribution >= 0.6 is 11.6 Å². The zero-order valence-electron chi connectivity index (χ0n) is 11.4. The van der Waals surface area contributed by atoms with Crippen molar-refractivity contribution in [3.63, 3.8) is 0 Å². The second kappa shape index (κ2) is 8.46. The van der Waals surface area contributed by atoms with Crippen molar-refractivity contribution in [1.29, 1.82) is 0 Å². The molecule has 0 unspecified atom stereocenters. The number of carbonyl (C=O) groups excluding carboxylic acids is 4. The molecular weight excluding hydrogens is 304 g/mol. The third-order valence-electron chi connectivity index (χ3n) is 3.05. The molecule has 1 aliphatic heterocycles. The Labute approximate surface area is 126 Å². The molecule has 1 rings (SSSR count). The van der Waals surface area contributed by atoms with Crippen molar-refractivity contribution in [2.75, 3.05) is 13.2 Å². The van der Waals surface area contributed by atoms with Crippen LogP contribution in [-0.4, -0.2) is 55.4 Å². The van der Waals surface area contributed by atoms with Gasteiger partial charge in [-0.25, -0.2) is 4.79 Å². The van der Waals surface area contributed by atoms with Crippen LogP contribution in [0.1, 0.15) is 13.3 Å². The fourth-order valence-electron chi connectivity index (χ4n) is 1.74. The van der Waals surface area contributed by atoms with Gasteiger partial charge in [0.2, 0.25) is 12.8 Å². The first-order valence-electron chi connectivity index (χ1n) is 6.37. The van der Waals surface area contributed by atoms with Gasteiger partial charge in [0.25, 0.3) is 0 Å². The van der Waals surface area contributed by atoms with E-state index in [1.807, 2.05) is 0 Å². The summed E-state index contributed by atoms with van der Waals surface area (Å²) in [6.07, 6.45) is 0.856. The molecule has 2 amide bonds. The Hall–Kier alpha value is -1.83. The van der Waals surface area contributed by atoms with E-state index in [0.717, 1.165) is 0 Å². The standard InChI is InChI=1S/C12H17ClN2O6/c1-7-10(21-11(7)18)2-8(13)4-20-12(19)9(15-6-17)3-14-5-16/h5-10H,2-4H2,1H3,(H,14,16)(H,15,17)/t7-,8-,9-,10-/m0/s1. The van der Waals surface area contributed by atoms with Crippen LogP contribution in [0, 0.1) is 5.92 Å². The minimum absolute atomic E-state index is 0.0781. The van der Waals surface area contributed by atoms with Crippen molar-refractivity contribution in [2.24, 2.45) is 5.92 Å². The highest BCUT2D eigenvalue weighted by molar-refractivity contribution is 6.20. The van der Waals surface area contributed by atoms with Gasteiger partial charge in [-0.3, -0.25) is 14.4 Å². The van der Waals surface area contributed by atoms with Crippen LogP contribution in [-0.2, 0) is 28.7 Å². The molecule has 9 heteroatoms. The van der Waals surface area contributed by atoms with E-state index in [4.69, 9.17) is 21.1 Å². The van der Waals surface area contributed by atoms with E-state index in [9.17, 15) is 19.2 Å². The predicted octanol–water partition coefficient (Wildman–Crippen LogP) is -1.05. The number of rotatable bonds is 10. The number of halogens is 1. The van der Waals surface area contributed by atoms with Crippen molar-refractivity contribution in [3.05, 3.63) is 0 Å². The summed E-state index contributed by atoms with van der Waals surface area (Å²) >= 11 is 6.00. The van der Waals surface area contributed by atoms with Crippen LogP contribution in [0.2, 0.25) is 0 Å². The Morgan fingerprint density at radius 3 is 2.71 bits per heavy atom. The largest absolute Gasteiger partial charge is 0.463 e. The zero-order valence-corrected chi connectivity index (χ0v) is 12.2. The molecule has 1 fully saturated rings. The summed E-state index contributed by atoms with van der Waals surface area (Å²) in [6.45, 7) is 1.58. The first kappa shape index (κ1) is 17.2. The minimum atomic E-state index is -0.975. The molecule has 0 saturated carbocycles. The Morgan fingerprint density at radius 2 is 2.19 bits per heavy atom. The highest BCUT2D eigenvalue weighted by Gasteiger charge is 2.39. The Kier molecular flexibility index (Phi) is 6.93. The van der Waals surface area contributed by atoms with E-state index >= 15 is 0 Å². The number of ether oxygens (including phenoxy) is 2. The normalized spacial score (nSPS) is 23.0. The SMILES string of the molecule is C[C@@H]1C(=O)O[C@H]1C[C@H](Cl)COC(=O)[C@H](CNC=O)NC=O. The van der Waals surface area contributed by atoms with Crippen molar-refractivity contribution in [1.82, 2.24) is 10.6 Å². The van der Waals surface area contributed by atoms with Crippen LogP contribution in [0.3, 0.4) is 0 Å². The van der Waals surface area contributed by atoms with Crippen molar-refractivity contribution in [3.8, 4) is 0 Å². The fraction of sp³-hybridized carbons (Fsp3) is 0.667. The molecule has 4 atom stereocenters. The summed E-state index contributed by atoms with van der Waals surface area (Å²) in [7, 11) is 0. The highest BCUT2D eigenvalue weighted by Crippen LogP contribution is 2.27. The first-order chi connectivity index (χ1) is 9.99. The summed E-state index contributed by atoms with van der Waals surface area (Å²) in [5.41, 5.74) is 0. The first-order valence-corrected chi connectivity index (χ1v) is 6.81. The second-order valence-corrected chi connectivity index (χ2v) is 5.21. The number of alkyl halides is 1. The van der Waals surface area contributed by atoms with Gasteiger partial charge >= 0.3 is 11.9 Å². The topological polar surface area (TPSA) is 111 Å². The van der Waals surface area contributed by atoms with E-state index < -0.39 is 17.4 Å². The lowest BCUT2D eigenvalue weighted by Crippen LogP contribution is -2.46. The molecule has 0 aromatic carbocycles. The van der Waals surface area contributed by atoms with Gasteiger partial charge in [0.15, 0.2) is 0 Å². The second-order valence-electron chi connectivity index (χ2n) is 4.59. The van der Waals surface area contributed by atoms with Crippen LogP contribution < -0.4 is 10.6 Å². The van der Waals surface area contributed by atoms with Gasteiger partial charge in [0.05, 0.1) is 11.3 Å². The average Bonchev–Trinajstić information content (AvgIpc) is 2.48. The summed E-state index contributed by atoms with van der Waals surface area (Å²) in [5.74, 6) is -1.18. The maximum atomic E-state index is 11.7. The van der Waals surface area contributed by atoms with Crippen molar-refractivity contribution >= 4 is 36.4 Å². The molecule has 118 valence electrons. The summed E-state index contributed by atoms with van der Waals surface area (Å²) in [4.78, 5) is 43.2. The Balaban J connectivity index is 2.30. The Bertz CT molecular complexity index is 405.